The summed E-state index contributed by atoms with van der Waals surface area (Å²) in [5.74, 6) is -0.313. The van der Waals surface area contributed by atoms with Crippen LogP contribution in [0.25, 0.3) is 0 Å². The van der Waals surface area contributed by atoms with Crippen LogP contribution in [-0.2, 0) is 4.79 Å². The molecule has 0 bridgehead atoms. The second kappa shape index (κ2) is 8.42. The molecule has 27 heavy (non-hydrogen) atoms. The molecule has 3 rings (SSSR count). The van der Waals surface area contributed by atoms with E-state index in [9.17, 15) is 9.59 Å². The second-order valence-corrected chi connectivity index (χ2v) is 7.56. The Hall–Kier alpha value is -1.88. The van der Waals surface area contributed by atoms with Gasteiger partial charge in [-0.25, -0.2) is 0 Å². The lowest BCUT2D eigenvalue weighted by Crippen LogP contribution is -2.40. The van der Waals surface area contributed by atoms with Gasteiger partial charge in [-0.15, -0.1) is 0 Å². The van der Waals surface area contributed by atoms with Crippen molar-refractivity contribution < 1.29 is 9.59 Å². The number of likely N-dealkylation sites (N-methyl/N-ethyl adjacent to an activating group) is 2. The van der Waals surface area contributed by atoms with Crippen molar-refractivity contribution in [2.45, 2.75) is 25.8 Å². The van der Waals surface area contributed by atoms with Gasteiger partial charge in [0, 0.05) is 29.2 Å². The third-order valence-corrected chi connectivity index (χ3v) is 5.43. The van der Waals surface area contributed by atoms with Crippen molar-refractivity contribution in [2.24, 2.45) is 0 Å². The molecule has 2 aromatic carbocycles. The number of hydrogen-bond donors (Lipinski definition) is 0. The Kier molecular flexibility index (Phi) is 6.20. The lowest BCUT2D eigenvalue weighted by atomic mass is 10.0. The average Bonchev–Trinajstić information content (AvgIpc) is 3.50. The topological polar surface area (TPSA) is 40.6 Å². The van der Waals surface area contributed by atoms with E-state index < -0.39 is 0 Å². The SMILES string of the molecule is CCN(CC(=O)N(C)c1ccc(Cl)cc1C(=O)c1ccccc1Cl)C1CC1. The van der Waals surface area contributed by atoms with E-state index in [2.05, 4.69) is 11.8 Å². The van der Waals surface area contributed by atoms with Crippen LogP contribution in [0.2, 0.25) is 10.0 Å². The summed E-state index contributed by atoms with van der Waals surface area (Å²) in [5.41, 5.74) is 1.28. The number of carbonyl (C=O) groups is 2. The molecule has 0 spiro atoms. The smallest absolute Gasteiger partial charge is 0.240 e. The molecule has 0 saturated heterocycles. The number of benzene rings is 2. The maximum Gasteiger partial charge on any atom is 0.240 e. The Labute approximate surface area is 169 Å². The van der Waals surface area contributed by atoms with Crippen LogP contribution in [0.5, 0.6) is 0 Å². The molecule has 1 amide bonds. The first-order valence-corrected chi connectivity index (χ1v) is 9.77. The molecular weight excluding hydrogens is 383 g/mol. The third-order valence-electron chi connectivity index (χ3n) is 4.86. The van der Waals surface area contributed by atoms with Crippen LogP contribution in [0, 0.1) is 0 Å². The number of hydrogen-bond acceptors (Lipinski definition) is 3. The number of nitrogens with zero attached hydrogens (tertiary/aromatic N) is 2. The van der Waals surface area contributed by atoms with Crippen molar-refractivity contribution >= 4 is 40.6 Å². The van der Waals surface area contributed by atoms with E-state index in [0.717, 1.165) is 19.4 Å². The van der Waals surface area contributed by atoms with Crippen molar-refractivity contribution in [1.29, 1.82) is 0 Å². The van der Waals surface area contributed by atoms with Gasteiger partial charge < -0.3 is 4.90 Å². The minimum atomic E-state index is -0.257. The lowest BCUT2D eigenvalue weighted by Gasteiger charge is -2.25. The summed E-state index contributed by atoms with van der Waals surface area (Å²) >= 11 is 12.3. The van der Waals surface area contributed by atoms with E-state index in [4.69, 9.17) is 23.2 Å². The van der Waals surface area contributed by atoms with Gasteiger partial charge in [0.05, 0.1) is 17.3 Å². The summed E-state index contributed by atoms with van der Waals surface area (Å²) in [5, 5.41) is 0.802. The van der Waals surface area contributed by atoms with Gasteiger partial charge in [-0.05, 0) is 49.7 Å². The Bertz CT molecular complexity index is 865. The highest BCUT2D eigenvalue weighted by Gasteiger charge is 2.30. The molecular formula is C21H22Cl2N2O2. The van der Waals surface area contributed by atoms with Crippen molar-refractivity contribution in [3.05, 3.63) is 63.6 Å². The minimum Gasteiger partial charge on any atom is -0.314 e. The van der Waals surface area contributed by atoms with Gasteiger partial charge in [0.15, 0.2) is 5.78 Å². The summed E-state index contributed by atoms with van der Waals surface area (Å²) in [7, 11) is 1.69. The van der Waals surface area contributed by atoms with Gasteiger partial charge in [0.2, 0.25) is 5.91 Å². The first-order valence-electron chi connectivity index (χ1n) is 9.01. The van der Waals surface area contributed by atoms with Crippen LogP contribution in [0.1, 0.15) is 35.7 Å². The third kappa shape index (κ3) is 4.52. The zero-order valence-corrected chi connectivity index (χ0v) is 16.9. The predicted molar refractivity (Wildman–Crippen MR) is 110 cm³/mol. The van der Waals surface area contributed by atoms with E-state index in [0.29, 0.717) is 39.4 Å². The van der Waals surface area contributed by atoms with Gasteiger partial charge in [-0.1, -0.05) is 42.3 Å². The zero-order valence-electron chi connectivity index (χ0n) is 15.4. The van der Waals surface area contributed by atoms with Gasteiger partial charge >= 0.3 is 0 Å². The van der Waals surface area contributed by atoms with E-state index in [1.54, 1.807) is 49.5 Å². The van der Waals surface area contributed by atoms with Crippen molar-refractivity contribution in [3.8, 4) is 0 Å². The second-order valence-electron chi connectivity index (χ2n) is 6.72. The van der Waals surface area contributed by atoms with Gasteiger partial charge in [0.25, 0.3) is 0 Å². The van der Waals surface area contributed by atoms with E-state index in [-0.39, 0.29) is 11.7 Å². The van der Waals surface area contributed by atoms with Gasteiger partial charge in [0.1, 0.15) is 0 Å². The minimum absolute atomic E-state index is 0.0562. The number of carbonyl (C=O) groups excluding carboxylic acids is 2. The highest BCUT2D eigenvalue weighted by Crippen LogP contribution is 2.30. The molecule has 1 aliphatic carbocycles. The fraction of sp³-hybridized carbons (Fsp3) is 0.333. The molecule has 2 aromatic rings. The molecule has 0 aliphatic heterocycles. The van der Waals surface area contributed by atoms with Crippen molar-refractivity contribution in [2.75, 3.05) is 25.0 Å². The first-order chi connectivity index (χ1) is 12.9. The fourth-order valence-corrected chi connectivity index (χ4v) is 3.52. The number of amides is 1. The van der Waals surface area contributed by atoms with Crippen LogP contribution < -0.4 is 4.90 Å². The van der Waals surface area contributed by atoms with Gasteiger partial charge in [-0.3, -0.25) is 14.5 Å². The molecule has 4 nitrogen and oxygen atoms in total. The fourth-order valence-electron chi connectivity index (χ4n) is 3.13. The highest BCUT2D eigenvalue weighted by atomic mass is 35.5. The molecule has 1 fully saturated rings. The molecule has 1 aliphatic rings. The maximum atomic E-state index is 13.1. The molecule has 0 radical (unpaired) electrons. The molecule has 0 aromatic heterocycles. The zero-order chi connectivity index (χ0) is 19.6. The monoisotopic (exact) mass is 404 g/mol. The Balaban J connectivity index is 1.90. The van der Waals surface area contributed by atoms with E-state index in [1.807, 2.05) is 0 Å². The molecule has 0 atom stereocenters. The molecule has 0 heterocycles. The molecule has 1 saturated carbocycles. The van der Waals surface area contributed by atoms with Crippen LogP contribution in [0.4, 0.5) is 5.69 Å². The van der Waals surface area contributed by atoms with E-state index >= 15 is 0 Å². The molecule has 142 valence electrons. The molecule has 0 unspecified atom stereocenters. The van der Waals surface area contributed by atoms with Gasteiger partial charge in [-0.2, -0.15) is 0 Å². The maximum absolute atomic E-state index is 13.1. The number of halogens is 2. The Morgan fingerprint density at radius 1 is 1.07 bits per heavy atom. The van der Waals surface area contributed by atoms with Crippen LogP contribution in [-0.4, -0.2) is 42.8 Å². The molecule has 0 N–H and O–H groups in total. The molecule has 6 heteroatoms. The van der Waals surface area contributed by atoms with Crippen molar-refractivity contribution in [1.82, 2.24) is 4.90 Å². The Morgan fingerprint density at radius 2 is 1.78 bits per heavy atom. The summed E-state index contributed by atoms with van der Waals surface area (Å²) in [4.78, 5) is 29.6. The summed E-state index contributed by atoms with van der Waals surface area (Å²) in [6, 6.07) is 12.3. The lowest BCUT2D eigenvalue weighted by molar-refractivity contribution is -0.119. The standard InChI is InChI=1S/C21H22Cl2N2O2/c1-3-25(15-9-10-15)13-20(26)24(2)19-11-8-14(22)12-17(19)21(27)16-6-4-5-7-18(16)23/h4-8,11-12,15H,3,9-10,13H2,1-2H3. The first kappa shape index (κ1) is 19.9. The summed E-state index contributed by atoms with van der Waals surface area (Å²) in [6.45, 7) is 3.22. The van der Waals surface area contributed by atoms with Crippen LogP contribution >= 0.6 is 23.2 Å². The van der Waals surface area contributed by atoms with Crippen LogP contribution in [0.15, 0.2) is 42.5 Å². The summed E-state index contributed by atoms with van der Waals surface area (Å²) in [6.07, 6.45) is 2.28. The highest BCUT2D eigenvalue weighted by molar-refractivity contribution is 6.36. The summed E-state index contributed by atoms with van der Waals surface area (Å²) < 4.78 is 0. The van der Waals surface area contributed by atoms with E-state index in [1.165, 1.54) is 4.90 Å². The number of ketones is 1. The normalized spacial score (nSPS) is 13.7. The number of rotatable bonds is 7. The number of anilines is 1. The predicted octanol–water partition coefficient (Wildman–Crippen LogP) is 4.67. The largest absolute Gasteiger partial charge is 0.314 e. The Morgan fingerprint density at radius 3 is 2.41 bits per heavy atom. The average molecular weight is 405 g/mol. The quantitative estimate of drug-likeness (QED) is 0.629. The van der Waals surface area contributed by atoms with Crippen molar-refractivity contribution in [3.63, 3.8) is 0 Å². The van der Waals surface area contributed by atoms with Crippen LogP contribution in [0.3, 0.4) is 0 Å².